The van der Waals surface area contributed by atoms with E-state index in [4.69, 9.17) is 9.47 Å². The third kappa shape index (κ3) is 3.90. The molecule has 9 heteroatoms. The lowest BCUT2D eigenvalue weighted by Crippen LogP contribution is -2.34. The van der Waals surface area contributed by atoms with E-state index in [2.05, 4.69) is 10.6 Å². The number of thiophene rings is 2. The SMILES string of the molecule is O=C(NCc1ccc(C(=O)c2ccsc2)s1)C(=O)Nc1ccc2c(c1)OCO2. The number of anilines is 1. The van der Waals surface area contributed by atoms with E-state index in [0.29, 0.717) is 27.6 Å². The first-order chi connectivity index (χ1) is 13.6. The van der Waals surface area contributed by atoms with Crippen LogP contribution in [0.25, 0.3) is 0 Å². The van der Waals surface area contributed by atoms with Gasteiger partial charge in [0.2, 0.25) is 12.6 Å². The number of carbonyl (C=O) groups is 3. The Hall–Kier alpha value is -3.17. The van der Waals surface area contributed by atoms with Crippen LogP contribution < -0.4 is 20.1 Å². The third-order valence-electron chi connectivity index (χ3n) is 3.93. The summed E-state index contributed by atoms with van der Waals surface area (Å²) in [5.74, 6) is -0.501. The van der Waals surface area contributed by atoms with E-state index in [1.165, 1.54) is 22.7 Å². The number of amides is 2. The Balaban J connectivity index is 1.32. The number of benzene rings is 1. The normalized spacial score (nSPS) is 11.9. The highest BCUT2D eigenvalue weighted by Crippen LogP contribution is 2.34. The topological polar surface area (TPSA) is 93.7 Å². The summed E-state index contributed by atoms with van der Waals surface area (Å²) in [6, 6.07) is 10.1. The summed E-state index contributed by atoms with van der Waals surface area (Å²) >= 11 is 2.75. The van der Waals surface area contributed by atoms with Gasteiger partial charge < -0.3 is 20.1 Å². The van der Waals surface area contributed by atoms with Gasteiger partial charge in [0.15, 0.2) is 11.5 Å². The molecule has 1 aromatic carbocycles. The van der Waals surface area contributed by atoms with Gasteiger partial charge in [0.25, 0.3) is 0 Å². The fourth-order valence-corrected chi connectivity index (χ4v) is 4.09. The Morgan fingerprint density at radius 1 is 1.00 bits per heavy atom. The zero-order valence-corrected chi connectivity index (χ0v) is 16.0. The van der Waals surface area contributed by atoms with Crippen molar-refractivity contribution in [3.05, 3.63) is 62.5 Å². The van der Waals surface area contributed by atoms with E-state index >= 15 is 0 Å². The highest BCUT2D eigenvalue weighted by molar-refractivity contribution is 7.14. The van der Waals surface area contributed by atoms with Crippen molar-refractivity contribution in [1.29, 1.82) is 0 Å². The summed E-state index contributed by atoms with van der Waals surface area (Å²) in [6.45, 7) is 0.292. The van der Waals surface area contributed by atoms with Crippen LogP contribution in [0.3, 0.4) is 0 Å². The van der Waals surface area contributed by atoms with Crippen LogP contribution in [0.15, 0.2) is 47.2 Å². The summed E-state index contributed by atoms with van der Waals surface area (Å²) in [7, 11) is 0. The van der Waals surface area contributed by atoms with Crippen LogP contribution in [0.2, 0.25) is 0 Å². The van der Waals surface area contributed by atoms with Gasteiger partial charge in [-0.15, -0.1) is 11.3 Å². The predicted molar refractivity (Wildman–Crippen MR) is 105 cm³/mol. The molecule has 0 bridgehead atoms. The van der Waals surface area contributed by atoms with Gasteiger partial charge in [0.05, 0.1) is 11.4 Å². The molecule has 142 valence electrons. The van der Waals surface area contributed by atoms with Crippen molar-refractivity contribution in [1.82, 2.24) is 5.32 Å². The molecular formula is C19H14N2O5S2. The van der Waals surface area contributed by atoms with Gasteiger partial charge in [-0.1, -0.05) is 0 Å². The van der Waals surface area contributed by atoms with Crippen molar-refractivity contribution in [3.63, 3.8) is 0 Å². The smallest absolute Gasteiger partial charge is 0.313 e. The second-order valence-electron chi connectivity index (χ2n) is 5.81. The van der Waals surface area contributed by atoms with Crippen LogP contribution in [0.1, 0.15) is 20.1 Å². The minimum atomic E-state index is -0.787. The molecule has 2 N–H and O–H groups in total. The molecule has 28 heavy (non-hydrogen) atoms. The third-order valence-corrected chi connectivity index (χ3v) is 5.70. The second-order valence-corrected chi connectivity index (χ2v) is 7.76. The molecule has 3 heterocycles. The molecule has 4 rings (SSSR count). The van der Waals surface area contributed by atoms with Gasteiger partial charge in [0.1, 0.15) is 0 Å². The van der Waals surface area contributed by atoms with Gasteiger partial charge in [0, 0.05) is 27.6 Å². The lowest BCUT2D eigenvalue weighted by molar-refractivity contribution is -0.136. The van der Waals surface area contributed by atoms with Crippen LogP contribution in [-0.4, -0.2) is 24.4 Å². The van der Waals surface area contributed by atoms with E-state index in [-0.39, 0.29) is 19.1 Å². The Morgan fingerprint density at radius 2 is 1.86 bits per heavy atom. The van der Waals surface area contributed by atoms with Crippen LogP contribution in [0.4, 0.5) is 5.69 Å². The highest BCUT2D eigenvalue weighted by atomic mass is 32.1. The van der Waals surface area contributed by atoms with Crippen molar-refractivity contribution in [2.45, 2.75) is 6.54 Å². The van der Waals surface area contributed by atoms with Crippen molar-refractivity contribution in [2.75, 3.05) is 12.1 Å². The van der Waals surface area contributed by atoms with E-state index in [1.54, 1.807) is 41.8 Å². The molecule has 7 nitrogen and oxygen atoms in total. The molecule has 3 aromatic rings. The Labute approximate surface area is 167 Å². The minimum absolute atomic E-state index is 0.0515. The quantitative estimate of drug-likeness (QED) is 0.494. The highest BCUT2D eigenvalue weighted by Gasteiger charge is 2.18. The summed E-state index contributed by atoms with van der Waals surface area (Å²) in [6.07, 6.45) is 0. The molecule has 0 radical (unpaired) electrons. The fraction of sp³-hybridized carbons (Fsp3) is 0.105. The van der Waals surface area contributed by atoms with Gasteiger partial charge in [-0.3, -0.25) is 14.4 Å². The van der Waals surface area contributed by atoms with Crippen molar-refractivity contribution in [3.8, 4) is 11.5 Å². The number of ketones is 1. The maximum Gasteiger partial charge on any atom is 0.313 e. The second kappa shape index (κ2) is 7.83. The van der Waals surface area contributed by atoms with E-state index in [0.717, 1.165) is 4.88 Å². The molecule has 0 saturated heterocycles. The number of rotatable bonds is 5. The molecule has 2 aromatic heterocycles. The number of hydrogen-bond donors (Lipinski definition) is 2. The van der Waals surface area contributed by atoms with Crippen LogP contribution >= 0.6 is 22.7 Å². The van der Waals surface area contributed by atoms with E-state index in [9.17, 15) is 14.4 Å². The average Bonchev–Trinajstić information content (AvgIpc) is 3.46. The average molecular weight is 414 g/mol. The van der Waals surface area contributed by atoms with Crippen molar-refractivity contribution >= 4 is 46.0 Å². The summed E-state index contributed by atoms with van der Waals surface area (Å²) in [5.41, 5.74) is 1.08. The molecule has 0 fully saturated rings. The van der Waals surface area contributed by atoms with Gasteiger partial charge in [-0.2, -0.15) is 11.3 Å². The number of hydrogen-bond acceptors (Lipinski definition) is 7. The van der Waals surface area contributed by atoms with E-state index in [1.807, 2.05) is 5.38 Å². The minimum Gasteiger partial charge on any atom is -0.454 e. The maximum atomic E-state index is 12.3. The first kappa shape index (κ1) is 18.2. The monoisotopic (exact) mass is 414 g/mol. The Kier molecular flexibility index (Phi) is 5.09. The standard InChI is InChI=1S/C19H14N2O5S2/c22-17(11-5-6-27-9-11)16-4-2-13(28-16)8-20-18(23)19(24)21-12-1-3-14-15(7-12)26-10-25-14/h1-7,9H,8,10H2,(H,20,23)(H,21,24). The van der Waals surface area contributed by atoms with Crippen LogP contribution in [0, 0.1) is 0 Å². The fourth-order valence-electron chi connectivity index (χ4n) is 2.54. The zero-order valence-electron chi connectivity index (χ0n) is 14.4. The molecule has 2 amide bonds. The molecule has 1 aliphatic rings. The molecular weight excluding hydrogens is 400 g/mol. The molecule has 0 aliphatic carbocycles. The number of ether oxygens (including phenoxy) is 2. The molecule has 1 aliphatic heterocycles. The van der Waals surface area contributed by atoms with Crippen LogP contribution in [-0.2, 0) is 16.1 Å². The van der Waals surface area contributed by atoms with Crippen molar-refractivity contribution in [2.24, 2.45) is 0 Å². The predicted octanol–water partition coefficient (Wildman–Crippen LogP) is 3.02. The lowest BCUT2D eigenvalue weighted by Gasteiger charge is -2.06. The number of nitrogens with one attached hydrogen (secondary N) is 2. The van der Waals surface area contributed by atoms with Crippen LogP contribution in [0.5, 0.6) is 11.5 Å². The summed E-state index contributed by atoms with van der Waals surface area (Å²) in [4.78, 5) is 37.8. The van der Waals surface area contributed by atoms with E-state index < -0.39 is 11.8 Å². The summed E-state index contributed by atoms with van der Waals surface area (Å²) in [5, 5.41) is 8.71. The Morgan fingerprint density at radius 3 is 2.68 bits per heavy atom. The summed E-state index contributed by atoms with van der Waals surface area (Å²) < 4.78 is 10.4. The largest absolute Gasteiger partial charge is 0.454 e. The number of fused-ring (bicyclic) bond motifs is 1. The van der Waals surface area contributed by atoms with Gasteiger partial charge >= 0.3 is 11.8 Å². The molecule has 0 unspecified atom stereocenters. The van der Waals surface area contributed by atoms with Gasteiger partial charge in [-0.05, 0) is 35.7 Å². The molecule has 0 spiro atoms. The molecule has 0 atom stereocenters. The van der Waals surface area contributed by atoms with Gasteiger partial charge in [-0.25, -0.2) is 0 Å². The first-order valence-electron chi connectivity index (χ1n) is 8.24. The molecule has 0 saturated carbocycles. The zero-order chi connectivity index (χ0) is 19.5. The number of carbonyl (C=O) groups excluding carboxylic acids is 3. The lowest BCUT2D eigenvalue weighted by atomic mass is 10.2. The Bertz CT molecular complexity index is 1040. The maximum absolute atomic E-state index is 12.3. The van der Waals surface area contributed by atoms with Crippen molar-refractivity contribution < 1.29 is 23.9 Å². The first-order valence-corrected chi connectivity index (χ1v) is 10.0.